The summed E-state index contributed by atoms with van der Waals surface area (Å²) < 4.78 is 26.5. The fraction of sp³-hybridized carbons (Fsp3) is 0.517. The van der Waals surface area contributed by atoms with Gasteiger partial charge < -0.3 is 10.2 Å². The lowest BCUT2D eigenvalue weighted by atomic mass is 10.0. The summed E-state index contributed by atoms with van der Waals surface area (Å²) in [6, 6.07) is 14.8. The van der Waals surface area contributed by atoms with Gasteiger partial charge in [-0.25, -0.2) is 8.42 Å². The molecule has 0 aliphatic heterocycles. The van der Waals surface area contributed by atoms with Crippen molar-refractivity contribution in [3.63, 3.8) is 0 Å². The highest BCUT2D eigenvalue weighted by Crippen LogP contribution is 2.22. The molecule has 7 nitrogen and oxygen atoms in total. The SMILES string of the molecule is CC[C@@H](C(=O)NC(C)(C)C)N(CCc1ccccc1)C(=O)CCCN(c1ccc(C)c(C)c1)S(C)(=O)=O. The molecule has 0 bridgehead atoms. The van der Waals surface area contributed by atoms with Crippen LogP contribution in [-0.2, 0) is 26.0 Å². The number of aryl methyl sites for hydroxylation is 2. The maximum atomic E-state index is 13.5. The number of rotatable bonds is 12. The highest BCUT2D eigenvalue weighted by atomic mass is 32.2. The molecule has 0 spiro atoms. The molecular weight excluding hydrogens is 486 g/mol. The van der Waals surface area contributed by atoms with Crippen LogP contribution in [0.3, 0.4) is 0 Å². The van der Waals surface area contributed by atoms with Gasteiger partial charge in [0.2, 0.25) is 21.8 Å². The second kappa shape index (κ2) is 13.1. The molecule has 2 aromatic rings. The van der Waals surface area contributed by atoms with Crippen LogP contribution >= 0.6 is 0 Å². The summed E-state index contributed by atoms with van der Waals surface area (Å²) in [5, 5.41) is 3.01. The maximum Gasteiger partial charge on any atom is 0.243 e. The van der Waals surface area contributed by atoms with E-state index in [0.29, 0.717) is 31.5 Å². The van der Waals surface area contributed by atoms with Crippen molar-refractivity contribution in [2.75, 3.05) is 23.7 Å². The molecule has 0 aromatic heterocycles. The third-order valence-corrected chi connectivity index (χ3v) is 7.49. The van der Waals surface area contributed by atoms with Crippen molar-refractivity contribution in [2.45, 2.75) is 78.8 Å². The molecule has 2 amide bonds. The Morgan fingerprint density at radius 3 is 2.16 bits per heavy atom. The third-order valence-electron chi connectivity index (χ3n) is 6.30. The maximum absolute atomic E-state index is 13.5. The Kier molecular flexibility index (Phi) is 10.7. The zero-order chi connectivity index (χ0) is 27.8. The molecule has 2 rings (SSSR count). The number of carbonyl (C=O) groups excluding carboxylic acids is 2. The lowest BCUT2D eigenvalue weighted by Crippen LogP contribution is -2.54. The van der Waals surface area contributed by atoms with Gasteiger partial charge in [-0.15, -0.1) is 0 Å². The van der Waals surface area contributed by atoms with Gasteiger partial charge in [-0.2, -0.15) is 0 Å². The number of anilines is 1. The summed E-state index contributed by atoms with van der Waals surface area (Å²) in [4.78, 5) is 28.3. The number of carbonyl (C=O) groups is 2. The van der Waals surface area contributed by atoms with E-state index in [1.165, 1.54) is 10.6 Å². The van der Waals surface area contributed by atoms with Crippen molar-refractivity contribution in [1.29, 1.82) is 0 Å². The van der Waals surface area contributed by atoms with E-state index < -0.39 is 21.6 Å². The Morgan fingerprint density at radius 1 is 0.973 bits per heavy atom. The predicted octanol–water partition coefficient (Wildman–Crippen LogP) is 4.61. The molecule has 0 aliphatic carbocycles. The highest BCUT2D eigenvalue weighted by molar-refractivity contribution is 7.92. The van der Waals surface area contributed by atoms with E-state index in [0.717, 1.165) is 16.7 Å². The molecule has 1 N–H and O–H groups in total. The van der Waals surface area contributed by atoms with Crippen molar-refractivity contribution >= 4 is 27.5 Å². The smallest absolute Gasteiger partial charge is 0.243 e. The minimum Gasteiger partial charge on any atom is -0.350 e. The Balaban J connectivity index is 2.19. The van der Waals surface area contributed by atoms with Crippen LogP contribution in [-0.4, -0.2) is 56.1 Å². The molecule has 0 unspecified atom stereocenters. The largest absolute Gasteiger partial charge is 0.350 e. The summed E-state index contributed by atoms with van der Waals surface area (Å²) in [6.07, 6.45) is 2.79. The van der Waals surface area contributed by atoms with Gasteiger partial charge in [-0.3, -0.25) is 13.9 Å². The van der Waals surface area contributed by atoms with E-state index in [4.69, 9.17) is 0 Å². The molecule has 0 saturated carbocycles. The van der Waals surface area contributed by atoms with Gasteiger partial charge in [0.05, 0.1) is 11.9 Å². The quantitative estimate of drug-likeness (QED) is 0.435. The van der Waals surface area contributed by atoms with E-state index >= 15 is 0 Å². The van der Waals surface area contributed by atoms with Crippen molar-refractivity contribution in [3.8, 4) is 0 Å². The van der Waals surface area contributed by atoms with Crippen LogP contribution in [0.25, 0.3) is 0 Å². The minimum absolute atomic E-state index is 0.144. The minimum atomic E-state index is -3.52. The number of sulfonamides is 1. The van der Waals surface area contributed by atoms with Gasteiger partial charge >= 0.3 is 0 Å². The Hall–Kier alpha value is -2.87. The van der Waals surface area contributed by atoms with Gasteiger partial charge in [0.25, 0.3) is 0 Å². The molecule has 1 atom stereocenters. The van der Waals surface area contributed by atoms with Crippen LogP contribution in [0, 0.1) is 13.8 Å². The number of nitrogens with zero attached hydrogens (tertiary/aromatic N) is 2. The molecular formula is C29H43N3O4S. The zero-order valence-corrected chi connectivity index (χ0v) is 24.2. The molecule has 0 saturated heterocycles. The van der Waals surface area contributed by atoms with Crippen molar-refractivity contribution in [1.82, 2.24) is 10.2 Å². The summed E-state index contributed by atoms with van der Waals surface area (Å²) in [6.45, 7) is 12.2. The fourth-order valence-electron chi connectivity index (χ4n) is 4.23. The summed E-state index contributed by atoms with van der Waals surface area (Å²) >= 11 is 0. The van der Waals surface area contributed by atoms with Crippen LogP contribution in [0.15, 0.2) is 48.5 Å². The average Bonchev–Trinajstić information content (AvgIpc) is 2.80. The van der Waals surface area contributed by atoms with Crippen LogP contribution in [0.4, 0.5) is 5.69 Å². The van der Waals surface area contributed by atoms with E-state index in [1.54, 1.807) is 11.0 Å². The molecule has 204 valence electrons. The van der Waals surface area contributed by atoms with Crippen molar-refractivity contribution in [3.05, 3.63) is 65.2 Å². The van der Waals surface area contributed by atoms with Gasteiger partial charge in [0.1, 0.15) is 6.04 Å². The molecule has 2 aromatic carbocycles. The zero-order valence-electron chi connectivity index (χ0n) is 23.4. The number of amides is 2. The van der Waals surface area contributed by atoms with Gasteiger partial charge in [0.15, 0.2) is 0 Å². The second-order valence-corrected chi connectivity index (χ2v) is 12.6. The summed E-state index contributed by atoms with van der Waals surface area (Å²) in [5.41, 5.74) is 3.35. The number of benzene rings is 2. The van der Waals surface area contributed by atoms with E-state index in [-0.39, 0.29) is 24.8 Å². The normalized spacial score (nSPS) is 12.6. The van der Waals surface area contributed by atoms with Crippen LogP contribution in [0.5, 0.6) is 0 Å². The molecule has 0 fully saturated rings. The monoisotopic (exact) mass is 529 g/mol. The number of hydrogen-bond acceptors (Lipinski definition) is 4. The van der Waals surface area contributed by atoms with Crippen molar-refractivity contribution < 1.29 is 18.0 Å². The fourth-order valence-corrected chi connectivity index (χ4v) is 5.19. The average molecular weight is 530 g/mol. The van der Waals surface area contributed by atoms with Crippen LogP contribution in [0.1, 0.15) is 63.6 Å². The molecule has 8 heteroatoms. The molecule has 37 heavy (non-hydrogen) atoms. The lowest BCUT2D eigenvalue weighted by Gasteiger charge is -2.33. The highest BCUT2D eigenvalue weighted by Gasteiger charge is 2.30. The van der Waals surface area contributed by atoms with Crippen molar-refractivity contribution in [2.24, 2.45) is 0 Å². The third kappa shape index (κ3) is 9.50. The van der Waals surface area contributed by atoms with E-state index in [2.05, 4.69) is 5.32 Å². The van der Waals surface area contributed by atoms with Gasteiger partial charge in [-0.1, -0.05) is 43.3 Å². The first-order chi connectivity index (χ1) is 17.2. The molecule has 0 aliphatic rings. The van der Waals surface area contributed by atoms with E-state index in [9.17, 15) is 18.0 Å². The summed E-state index contributed by atoms with van der Waals surface area (Å²) in [5.74, 6) is -0.329. The van der Waals surface area contributed by atoms with Crippen LogP contribution in [0.2, 0.25) is 0 Å². The topological polar surface area (TPSA) is 86.8 Å². The standard InChI is InChI=1S/C29H43N3O4S/c1-8-26(28(34)30-29(4,5)6)31(20-18-24-13-10-9-11-14-24)27(33)15-12-19-32(37(7,35)36)25-17-16-22(2)23(3)21-25/h9-11,13-14,16-17,21,26H,8,12,15,18-20H2,1-7H3,(H,30,34)/t26-/m0/s1. The lowest BCUT2D eigenvalue weighted by molar-refractivity contribution is -0.141. The van der Waals surface area contributed by atoms with Gasteiger partial charge in [0, 0.05) is 25.0 Å². The Bertz CT molecular complexity index is 1160. The van der Waals surface area contributed by atoms with Crippen LogP contribution < -0.4 is 9.62 Å². The molecule has 0 heterocycles. The van der Waals surface area contributed by atoms with E-state index in [1.807, 2.05) is 84.0 Å². The van der Waals surface area contributed by atoms with Gasteiger partial charge in [-0.05, 0) is 82.7 Å². The number of hydrogen-bond donors (Lipinski definition) is 1. The first-order valence-corrected chi connectivity index (χ1v) is 14.8. The molecule has 0 radical (unpaired) electrons. The second-order valence-electron chi connectivity index (χ2n) is 10.7. The summed E-state index contributed by atoms with van der Waals surface area (Å²) in [7, 11) is -3.52. The Labute approximate surface area is 223 Å². The first kappa shape index (κ1) is 30.4. The Morgan fingerprint density at radius 2 is 1.62 bits per heavy atom. The predicted molar refractivity (Wildman–Crippen MR) is 151 cm³/mol. The number of nitrogens with one attached hydrogen (secondary N) is 1. The first-order valence-electron chi connectivity index (χ1n) is 12.9.